The molecule has 0 rings (SSSR count). The summed E-state index contributed by atoms with van der Waals surface area (Å²) < 4.78 is 15.7. The second-order valence-corrected chi connectivity index (χ2v) is 7.24. The number of ether oxygens (including phenoxy) is 3. The molecule has 2 atom stereocenters. The smallest absolute Gasteiger partial charge is 0.333 e. The van der Waals surface area contributed by atoms with E-state index in [1.165, 1.54) is 13.8 Å². The third kappa shape index (κ3) is 8.86. The van der Waals surface area contributed by atoms with Crippen molar-refractivity contribution in [2.75, 3.05) is 0 Å². The van der Waals surface area contributed by atoms with Crippen LogP contribution in [0.2, 0.25) is 0 Å². The van der Waals surface area contributed by atoms with Crippen molar-refractivity contribution in [3.63, 3.8) is 0 Å². The average molecular weight is 355 g/mol. The largest absolute Gasteiger partial charge is 0.459 e. The predicted octanol–water partition coefficient (Wildman–Crippen LogP) is 2.50. The highest BCUT2D eigenvalue weighted by atomic mass is 28.1. The van der Waals surface area contributed by atoms with Gasteiger partial charge in [0.25, 0.3) is 0 Å². The average Bonchev–Trinajstić information content (AvgIpc) is 2.34. The maximum Gasteiger partial charge on any atom is 0.333 e. The van der Waals surface area contributed by atoms with Gasteiger partial charge in [0.05, 0.1) is 0 Å². The van der Waals surface area contributed by atoms with Gasteiger partial charge in [-0.2, -0.15) is 0 Å². The number of hydrogen-bond donors (Lipinski definition) is 0. The second-order valence-electron chi connectivity index (χ2n) is 6.48. The normalized spacial score (nSPS) is 13.8. The van der Waals surface area contributed by atoms with E-state index < -0.39 is 29.4 Å². The lowest BCUT2D eigenvalue weighted by Crippen LogP contribution is -2.43. The fourth-order valence-corrected chi connectivity index (χ4v) is 2.83. The molecule has 0 aromatic carbocycles. The van der Waals surface area contributed by atoms with Crippen LogP contribution in [-0.2, 0) is 28.6 Å². The number of carbonyl (C=O) groups is 3. The fraction of sp³-hybridized carbons (Fsp3) is 0.706. The molecule has 0 aliphatic heterocycles. The van der Waals surface area contributed by atoms with Crippen LogP contribution in [0, 0.1) is 11.8 Å². The molecule has 0 aromatic heterocycles. The van der Waals surface area contributed by atoms with E-state index >= 15 is 0 Å². The summed E-state index contributed by atoms with van der Waals surface area (Å²) in [5.41, 5.74) is -1.29. The van der Waals surface area contributed by atoms with Crippen molar-refractivity contribution in [3.8, 4) is 0 Å². The molecule has 0 amide bonds. The topological polar surface area (TPSA) is 78.9 Å². The molecule has 0 aliphatic rings. The molecule has 0 aliphatic carbocycles. The van der Waals surface area contributed by atoms with Crippen molar-refractivity contribution in [2.24, 2.45) is 11.8 Å². The molecule has 2 unspecified atom stereocenters. The molecule has 0 aromatic rings. The van der Waals surface area contributed by atoms with Crippen molar-refractivity contribution >= 4 is 28.2 Å². The Balaban J connectivity index is 5.24. The second kappa shape index (κ2) is 9.61. The lowest BCUT2D eigenvalue weighted by Gasteiger charge is -2.34. The summed E-state index contributed by atoms with van der Waals surface area (Å²) in [6.07, 6.45) is 0.308. The van der Waals surface area contributed by atoms with E-state index in [1.807, 2.05) is 20.8 Å². The summed E-state index contributed by atoms with van der Waals surface area (Å²) in [7, 11) is 3.23. The van der Waals surface area contributed by atoms with Crippen molar-refractivity contribution in [1.29, 1.82) is 0 Å². The molecule has 0 bridgehead atoms. The van der Waals surface area contributed by atoms with Crippen molar-refractivity contribution in [3.05, 3.63) is 12.2 Å². The zero-order valence-electron chi connectivity index (χ0n) is 15.3. The van der Waals surface area contributed by atoms with Crippen LogP contribution in [0.1, 0.15) is 54.4 Å². The van der Waals surface area contributed by atoms with Gasteiger partial charge >= 0.3 is 17.9 Å². The van der Waals surface area contributed by atoms with E-state index in [9.17, 15) is 14.4 Å². The first kappa shape index (κ1) is 22.4. The number of rotatable bonds is 9. The molecule has 24 heavy (non-hydrogen) atoms. The minimum Gasteiger partial charge on any atom is -0.459 e. The van der Waals surface area contributed by atoms with E-state index in [0.29, 0.717) is 12.0 Å². The molecule has 3 radical (unpaired) electrons. The molecule has 0 saturated heterocycles. The minimum absolute atomic E-state index is 0.129. The number of carbonyl (C=O) groups excluding carboxylic acids is 3. The highest BCUT2D eigenvalue weighted by Gasteiger charge is 2.37. The molecule has 0 fully saturated rings. The first-order chi connectivity index (χ1) is 10.9. The molecule has 135 valence electrons. The van der Waals surface area contributed by atoms with Crippen LogP contribution in [0.25, 0.3) is 0 Å². The first-order valence-electron chi connectivity index (χ1n) is 7.87. The fourth-order valence-electron chi connectivity index (χ4n) is 2.22. The van der Waals surface area contributed by atoms with Crippen LogP contribution in [-0.4, -0.2) is 39.7 Å². The van der Waals surface area contributed by atoms with Crippen LogP contribution in [0.3, 0.4) is 0 Å². The van der Waals surface area contributed by atoms with Gasteiger partial charge < -0.3 is 14.2 Å². The summed E-state index contributed by atoms with van der Waals surface area (Å²) in [6.45, 7) is 13.4. The SMILES string of the molecule is C=C(C)C(=O)OC(CC(C)C)C(C)CC([Si])(OC(C)=O)OC(C)=O. The highest BCUT2D eigenvalue weighted by Crippen LogP contribution is 2.27. The third-order valence-electron chi connectivity index (χ3n) is 3.15. The molecule has 0 saturated carbocycles. The van der Waals surface area contributed by atoms with Gasteiger partial charge in [-0.25, -0.2) is 4.79 Å². The van der Waals surface area contributed by atoms with Crippen LogP contribution in [0.15, 0.2) is 12.2 Å². The van der Waals surface area contributed by atoms with Crippen molar-refractivity contribution < 1.29 is 28.6 Å². The van der Waals surface area contributed by atoms with Crippen molar-refractivity contribution in [2.45, 2.75) is 65.9 Å². The van der Waals surface area contributed by atoms with Crippen LogP contribution >= 0.6 is 0 Å². The van der Waals surface area contributed by atoms with Crippen molar-refractivity contribution in [1.82, 2.24) is 0 Å². The van der Waals surface area contributed by atoms with Gasteiger partial charge in [-0.05, 0) is 19.3 Å². The zero-order valence-corrected chi connectivity index (χ0v) is 16.3. The minimum atomic E-state index is -1.60. The molecule has 0 heterocycles. The Morgan fingerprint density at radius 1 is 1.04 bits per heavy atom. The molecule has 0 N–H and O–H groups in total. The van der Waals surface area contributed by atoms with Crippen LogP contribution in [0.4, 0.5) is 0 Å². The van der Waals surface area contributed by atoms with E-state index in [2.05, 4.69) is 16.8 Å². The Morgan fingerprint density at radius 3 is 1.83 bits per heavy atom. The van der Waals surface area contributed by atoms with E-state index in [-0.39, 0.29) is 18.3 Å². The first-order valence-corrected chi connectivity index (χ1v) is 8.37. The number of esters is 3. The lowest BCUT2D eigenvalue weighted by atomic mass is 9.92. The Bertz CT molecular complexity index is 469. The van der Waals surface area contributed by atoms with Gasteiger partial charge in [0.15, 0.2) is 10.2 Å². The van der Waals surface area contributed by atoms with Gasteiger partial charge in [-0.1, -0.05) is 27.4 Å². The Hall–Kier alpha value is -1.63. The molecule has 7 heteroatoms. The molecular weight excluding hydrogens is 328 g/mol. The van der Waals surface area contributed by atoms with Crippen LogP contribution < -0.4 is 0 Å². The van der Waals surface area contributed by atoms with Crippen LogP contribution in [0.5, 0.6) is 0 Å². The molecular formula is C17H27O6Si. The zero-order chi connectivity index (χ0) is 19.1. The van der Waals surface area contributed by atoms with E-state index in [4.69, 9.17) is 14.2 Å². The van der Waals surface area contributed by atoms with E-state index in [1.54, 1.807) is 6.92 Å². The predicted molar refractivity (Wildman–Crippen MR) is 89.9 cm³/mol. The Labute approximate surface area is 147 Å². The summed E-state index contributed by atoms with van der Waals surface area (Å²) in [5.74, 6) is -1.64. The van der Waals surface area contributed by atoms with Gasteiger partial charge in [-0.15, -0.1) is 0 Å². The van der Waals surface area contributed by atoms with Gasteiger partial charge in [0.2, 0.25) is 5.41 Å². The summed E-state index contributed by atoms with van der Waals surface area (Å²) in [4.78, 5) is 34.4. The monoisotopic (exact) mass is 355 g/mol. The van der Waals surface area contributed by atoms with Gasteiger partial charge in [-0.3, -0.25) is 9.59 Å². The van der Waals surface area contributed by atoms with E-state index in [0.717, 1.165) is 0 Å². The third-order valence-corrected chi connectivity index (χ3v) is 3.56. The maximum atomic E-state index is 11.9. The summed E-state index contributed by atoms with van der Waals surface area (Å²) >= 11 is 0. The summed E-state index contributed by atoms with van der Waals surface area (Å²) in [6, 6.07) is 0. The molecule has 6 nitrogen and oxygen atoms in total. The quantitative estimate of drug-likeness (QED) is 0.274. The lowest BCUT2D eigenvalue weighted by molar-refractivity contribution is -0.204. The Kier molecular flexibility index (Phi) is 8.96. The van der Waals surface area contributed by atoms with Gasteiger partial charge in [0, 0.05) is 31.8 Å². The van der Waals surface area contributed by atoms with Gasteiger partial charge in [0.1, 0.15) is 6.10 Å². The number of hydrogen-bond acceptors (Lipinski definition) is 6. The summed E-state index contributed by atoms with van der Waals surface area (Å²) in [5, 5.41) is 0. The highest BCUT2D eigenvalue weighted by molar-refractivity contribution is 6.14. The molecule has 0 spiro atoms. The Morgan fingerprint density at radius 2 is 1.50 bits per heavy atom. The standard InChI is InChI=1S/C17H27O6Si/c1-10(2)8-15(21-16(20)11(3)4)12(5)9-17(24,22-13(6)18)23-14(7)19/h10,12,15H,3,8-9H2,1-2,4-7H3. The maximum absolute atomic E-state index is 11.9.